The Balaban J connectivity index is 1.59. The molecule has 1 aliphatic rings. The molecule has 0 radical (unpaired) electrons. The summed E-state index contributed by atoms with van der Waals surface area (Å²) in [6.07, 6.45) is 4.79. The molecule has 8 heteroatoms. The fourth-order valence-electron chi connectivity index (χ4n) is 3.76. The van der Waals surface area contributed by atoms with Gasteiger partial charge in [0.2, 0.25) is 5.88 Å². The molecule has 0 unspecified atom stereocenters. The Morgan fingerprint density at radius 2 is 2.13 bits per heavy atom. The third kappa shape index (κ3) is 4.48. The number of ether oxygens (including phenoxy) is 1. The molecule has 1 aliphatic heterocycles. The Morgan fingerprint density at radius 3 is 2.87 bits per heavy atom. The number of nitrogens with zero attached hydrogens (tertiary/aromatic N) is 4. The maximum atomic E-state index is 13.6. The zero-order chi connectivity index (χ0) is 22.0. The van der Waals surface area contributed by atoms with E-state index < -0.39 is 0 Å². The van der Waals surface area contributed by atoms with Gasteiger partial charge in [0.15, 0.2) is 0 Å². The molecular weight excluding hydrogens is 476 g/mol. The van der Waals surface area contributed by atoms with Crippen molar-refractivity contribution in [3.8, 4) is 22.5 Å². The Morgan fingerprint density at radius 1 is 1.29 bits per heavy atom. The van der Waals surface area contributed by atoms with Gasteiger partial charge in [-0.2, -0.15) is 5.26 Å². The van der Waals surface area contributed by atoms with Crippen molar-refractivity contribution in [2.24, 2.45) is 0 Å². The van der Waals surface area contributed by atoms with Gasteiger partial charge in [-0.1, -0.05) is 22.0 Å². The summed E-state index contributed by atoms with van der Waals surface area (Å²) in [7, 11) is 0. The normalized spacial score (nSPS) is 18.5. The summed E-state index contributed by atoms with van der Waals surface area (Å²) in [4.78, 5) is 24.2. The predicted octanol–water partition coefficient (Wildman–Crippen LogP) is 5.22. The molecule has 31 heavy (non-hydrogen) atoms. The van der Waals surface area contributed by atoms with Crippen LogP contribution in [0.5, 0.6) is 5.88 Å². The van der Waals surface area contributed by atoms with E-state index in [2.05, 4.69) is 38.9 Å². The number of aromatic nitrogens is 2. The van der Waals surface area contributed by atoms with E-state index in [-0.39, 0.29) is 18.1 Å². The number of thiazole rings is 1. The molecule has 3 heterocycles. The van der Waals surface area contributed by atoms with E-state index in [1.807, 2.05) is 35.4 Å². The molecule has 0 N–H and O–H groups in total. The number of hydrogen-bond acceptors (Lipinski definition) is 6. The number of carbonyl (C=O) groups is 1. The van der Waals surface area contributed by atoms with Gasteiger partial charge in [-0.3, -0.25) is 4.79 Å². The number of piperidine rings is 1. The van der Waals surface area contributed by atoms with E-state index in [0.29, 0.717) is 23.6 Å². The zero-order valence-corrected chi connectivity index (χ0v) is 19.6. The lowest BCUT2D eigenvalue weighted by Gasteiger charge is -2.38. The minimum atomic E-state index is -0.184. The molecule has 4 rings (SSSR count). The van der Waals surface area contributed by atoms with Crippen LogP contribution in [0.15, 0.2) is 46.5 Å². The highest BCUT2D eigenvalue weighted by atomic mass is 79.9. The Hall–Kier alpha value is -2.76. The summed E-state index contributed by atoms with van der Waals surface area (Å²) >= 11 is 5.01. The summed E-state index contributed by atoms with van der Waals surface area (Å²) < 4.78 is 6.99. The standard InChI is InChI=1S/C23H21BrN4O2S/c1-14-3-5-18(30-21-15(2)16(12-25)7-8-26-21)13-28(14)23(29)20-11-17(24)4-6-19(20)22-27-9-10-31-22/h4,6-11,14,18H,3,5,13H2,1-2H3/t14-,18-/m1/s1. The van der Waals surface area contributed by atoms with Crippen LogP contribution in [0.4, 0.5) is 0 Å². The zero-order valence-electron chi connectivity index (χ0n) is 17.2. The van der Waals surface area contributed by atoms with Crippen LogP contribution in [0.25, 0.3) is 10.6 Å². The first-order valence-electron chi connectivity index (χ1n) is 10.0. The van der Waals surface area contributed by atoms with Gasteiger partial charge in [0.05, 0.1) is 23.7 Å². The van der Waals surface area contributed by atoms with Crippen molar-refractivity contribution in [1.29, 1.82) is 5.26 Å². The lowest BCUT2D eigenvalue weighted by Crippen LogP contribution is -2.49. The fourth-order valence-corrected chi connectivity index (χ4v) is 4.80. The number of likely N-dealkylation sites (tertiary alicyclic amines) is 1. The lowest BCUT2D eigenvalue weighted by atomic mass is 9.98. The van der Waals surface area contributed by atoms with Crippen LogP contribution in [-0.2, 0) is 0 Å². The van der Waals surface area contributed by atoms with Crippen LogP contribution < -0.4 is 4.74 Å². The summed E-state index contributed by atoms with van der Waals surface area (Å²) in [5.41, 5.74) is 2.72. The van der Waals surface area contributed by atoms with E-state index in [4.69, 9.17) is 4.74 Å². The second-order valence-electron chi connectivity index (χ2n) is 7.55. The van der Waals surface area contributed by atoms with Crippen molar-refractivity contribution in [2.75, 3.05) is 6.54 Å². The minimum absolute atomic E-state index is 0.0391. The maximum absolute atomic E-state index is 13.6. The molecule has 0 spiro atoms. The molecule has 1 fully saturated rings. The largest absolute Gasteiger partial charge is 0.472 e. The van der Waals surface area contributed by atoms with Crippen molar-refractivity contribution < 1.29 is 9.53 Å². The highest BCUT2D eigenvalue weighted by molar-refractivity contribution is 9.10. The van der Waals surface area contributed by atoms with Crippen molar-refractivity contribution in [2.45, 2.75) is 38.8 Å². The van der Waals surface area contributed by atoms with Crippen molar-refractivity contribution >= 4 is 33.2 Å². The molecule has 0 saturated carbocycles. The number of halogens is 1. The number of nitriles is 1. The van der Waals surface area contributed by atoms with E-state index in [1.54, 1.807) is 18.5 Å². The average Bonchev–Trinajstić information content (AvgIpc) is 3.30. The van der Waals surface area contributed by atoms with E-state index >= 15 is 0 Å². The molecule has 0 aliphatic carbocycles. The van der Waals surface area contributed by atoms with Crippen LogP contribution in [0.1, 0.15) is 41.3 Å². The van der Waals surface area contributed by atoms with Gasteiger partial charge in [0.25, 0.3) is 5.91 Å². The van der Waals surface area contributed by atoms with Crippen LogP contribution >= 0.6 is 27.3 Å². The number of hydrogen-bond donors (Lipinski definition) is 0. The molecule has 158 valence electrons. The van der Waals surface area contributed by atoms with E-state index in [0.717, 1.165) is 33.4 Å². The number of carbonyl (C=O) groups excluding carboxylic acids is 1. The second kappa shape index (κ2) is 9.16. The molecule has 1 saturated heterocycles. The molecule has 1 amide bonds. The summed E-state index contributed by atoms with van der Waals surface area (Å²) in [6, 6.07) is 9.64. The average molecular weight is 497 g/mol. The number of pyridine rings is 1. The van der Waals surface area contributed by atoms with Gasteiger partial charge in [0.1, 0.15) is 11.1 Å². The SMILES string of the molecule is Cc1c(C#N)ccnc1O[C@@H]1CC[C@@H](C)N(C(=O)c2cc(Br)ccc2-c2nccs2)C1. The number of rotatable bonds is 4. The van der Waals surface area contributed by atoms with Gasteiger partial charge in [-0.25, -0.2) is 9.97 Å². The molecule has 6 nitrogen and oxygen atoms in total. The third-order valence-corrected chi connectivity index (χ3v) is 6.83. The van der Waals surface area contributed by atoms with Gasteiger partial charge in [0, 0.05) is 39.4 Å². The summed E-state index contributed by atoms with van der Waals surface area (Å²) in [6.45, 7) is 4.35. The van der Waals surface area contributed by atoms with Gasteiger partial charge in [-0.05, 0) is 44.9 Å². The maximum Gasteiger partial charge on any atom is 0.254 e. The Bertz CT molecular complexity index is 1140. The first-order chi connectivity index (χ1) is 15.0. The van der Waals surface area contributed by atoms with Gasteiger partial charge >= 0.3 is 0 Å². The van der Waals surface area contributed by atoms with Crippen LogP contribution in [0.2, 0.25) is 0 Å². The molecule has 0 bridgehead atoms. The summed E-state index contributed by atoms with van der Waals surface area (Å²) in [5.74, 6) is 0.416. The van der Waals surface area contributed by atoms with Gasteiger partial charge < -0.3 is 9.64 Å². The van der Waals surface area contributed by atoms with Crippen molar-refractivity contribution in [1.82, 2.24) is 14.9 Å². The highest BCUT2D eigenvalue weighted by Gasteiger charge is 2.32. The smallest absolute Gasteiger partial charge is 0.254 e. The first-order valence-corrected chi connectivity index (χ1v) is 11.7. The number of benzene rings is 1. The first kappa shape index (κ1) is 21.5. The van der Waals surface area contributed by atoms with Crippen molar-refractivity contribution in [3.05, 3.63) is 63.2 Å². The second-order valence-corrected chi connectivity index (χ2v) is 9.36. The highest BCUT2D eigenvalue weighted by Crippen LogP contribution is 2.31. The molecule has 2 aromatic heterocycles. The molecule has 1 aromatic carbocycles. The van der Waals surface area contributed by atoms with Gasteiger partial charge in [-0.15, -0.1) is 11.3 Å². The van der Waals surface area contributed by atoms with E-state index in [9.17, 15) is 10.1 Å². The predicted molar refractivity (Wildman–Crippen MR) is 123 cm³/mol. The topological polar surface area (TPSA) is 79.1 Å². The van der Waals surface area contributed by atoms with Crippen LogP contribution in [0, 0.1) is 18.3 Å². The molecule has 2 atom stereocenters. The summed E-state index contributed by atoms with van der Waals surface area (Å²) in [5, 5.41) is 12.0. The third-order valence-electron chi connectivity index (χ3n) is 5.53. The number of amides is 1. The quantitative estimate of drug-likeness (QED) is 0.494. The van der Waals surface area contributed by atoms with Crippen molar-refractivity contribution in [3.63, 3.8) is 0 Å². The minimum Gasteiger partial charge on any atom is -0.472 e. The van der Waals surface area contributed by atoms with Crippen LogP contribution in [0.3, 0.4) is 0 Å². The Labute approximate surface area is 193 Å². The molecule has 3 aromatic rings. The Kier molecular flexibility index (Phi) is 6.35. The van der Waals surface area contributed by atoms with E-state index in [1.165, 1.54) is 11.3 Å². The fraction of sp³-hybridized carbons (Fsp3) is 0.304. The molecular formula is C23H21BrN4O2S. The van der Waals surface area contributed by atoms with Crippen LogP contribution in [-0.4, -0.2) is 39.5 Å². The monoisotopic (exact) mass is 496 g/mol. The lowest BCUT2D eigenvalue weighted by molar-refractivity contribution is 0.0371.